The van der Waals surface area contributed by atoms with E-state index in [1.165, 1.54) is 0 Å². The van der Waals surface area contributed by atoms with Crippen molar-refractivity contribution in [1.82, 2.24) is 9.55 Å². The maximum absolute atomic E-state index is 14.8. The number of aromatic nitrogens is 2. The van der Waals surface area contributed by atoms with Crippen LogP contribution >= 0.6 is 6.72 Å². The van der Waals surface area contributed by atoms with E-state index in [2.05, 4.69) is 0 Å². The number of benzene rings is 1. The third-order valence-electron chi connectivity index (χ3n) is 4.97. The zero-order chi connectivity index (χ0) is 23.3. The first-order valence-corrected chi connectivity index (χ1v) is 11.5. The summed E-state index contributed by atoms with van der Waals surface area (Å²) in [4.78, 5) is 24.8. The molecule has 0 radical (unpaired) electrons. The molecule has 1 saturated heterocycles. The average Bonchev–Trinajstić information content (AvgIpc) is 2.94. The van der Waals surface area contributed by atoms with E-state index in [1.807, 2.05) is 0 Å². The van der Waals surface area contributed by atoms with E-state index >= 15 is 0 Å². The predicted octanol–water partition coefficient (Wildman–Crippen LogP) is 1.92. The quantitative estimate of drug-likeness (QED) is 0.475. The lowest BCUT2D eigenvalue weighted by atomic mass is 9.96. The second kappa shape index (κ2) is 8.04. The first kappa shape index (κ1) is 23.1. The highest BCUT2D eigenvalue weighted by Gasteiger charge is 2.71. The van der Waals surface area contributed by atoms with Crippen LogP contribution < -0.4 is 15.8 Å². The second-order valence-corrected chi connectivity index (χ2v) is 9.95. The van der Waals surface area contributed by atoms with Crippen molar-refractivity contribution in [3.63, 3.8) is 0 Å². The topological polar surface area (TPSA) is 112 Å². The normalized spacial score (nSPS) is 31.3. The Bertz CT molecular complexity index is 1190. The Balaban J connectivity index is 1.63. The molecule has 0 amide bonds. The molecule has 1 aromatic heterocycles. The summed E-state index contributed by atoms with van der Waals surface area (Å²) < 4.78 is 78.7. The Morgan fingerprint density at radius 2 is 2.03 bits per heavy atom. The summed E-state index contributed by atoms with van der Waals surface area (Å²) in [7, 11) is 0. The molecular formula is C17H15F4N2O7PS. The van der Waals surface area contributed by atoms with Crippen molar-refractivity contribution in [3.8, 4) is 5.75 Å². The van der Waals surface area contributed by atoms with Crippen LogP contribution in [0.15, 0.2) is 46.1 Å². The summed E-state index contributed by atoms with van der Waals surface area (Å²) >= 11 is 5.13. The minimum absolute atomic E-state index is 0.0654. The Morgan fingerprint density at radius 3 is 2.72 bits per heavy atom. The highest BCUT2D eigenvalue weighted by molar-refractivity contribution is 8.07. The number of aliphatic hydroxyl groups excluding tert-OH is 1. The molecule has 0 bridgehead atoms. The maximum Gasteiger partial charge on any atom is 0.381 e. The fraction of sp³-hybridized carbons (Fsp3) is 0.412. The zero-order valence-electron chi connectivity index (χ0n) is 15.8. The van der Waals surface area contributed by atoms with Gasteiger partial charge in [0.05, 0.1) is 13.2 Å². The molecule has 0 aliphatic carbocycles. The van der Waals surface area contributed by atoms with Crippen molar-refractivity contribution >= 4 is 18.5 Å². The molecule has 4 rings (SSSR count). The number of para-hydroxylation sites is 1. The highest BCUT2D eigenvalue weighted by atomic mass is 32.5. The summed E-state index contributed by atoms with van der Waals surface area (Å²) in [6, 6.07) is 7.26. The number of fused-ring (bicyclic) bond motifs is 1. The zero-order valence-corrected chi connectivity index (χ0v) is 17.5. The third kappa shape index (κ3) is 3.80. The third-order valence-corrected chi connectivity index (χ3v) is 7.14. The van der Waals surface area contributed by atoms with Crippen LogP contribution in [0.5, 0.6) is 5.75 Å². The van der Waals surface area contributed by atoms with Crippen molar-refractivity contribution in [2.75, 3.05) is 6.61 Å². The van der Waals surface area contributed by atoms with Crippen LogP contribution in [0, 0.1) is 0 Å². The standard InChI is InChI=1S/C17H15F4N2O7PS/c18-13(19)16(8-28-31(32)27-7-9-3-1-2-4-10(9)30-31)12(25)17(20,21)14(29-16)23-6-5-11(24)22-15(23)26/h1-6,12-14,25H,7-8H2,(H,22,24,26). The van der Waals surface area contributed by atoms with Gasteiger partial charge < -0.3 is 14.4 Å². The van der Waals surface area contributed by atoms with Crippen LogP contribution in [0.4, 0.5) is 17.6 Å². The lowest BCUT2D eigenvalue weighted by molar-refractivity contribution is -0.193. The largest absolute Gasteiger partial charge is 0.424 e. The number of rotatable bonds is 5. The second-order valence-electron chi connectivity index (χ2n) is 7.01. The number of nitrogens with zero attached hydrogens (tertiary/aromatic N) is 1. The van der Waals surface area contributed by atoms with Gasteiger partial charge in [-0.1, -0.05) is 18.2 Å². The summed E-state index contributed by atoms with van der Waals surface area (Å²) in [5.41, 5.74) is -4.91. The Kier molecular flexibility index (Phi) is 5.80. The van der Waals surface area contributed by atoms with Crippen LogP contribution in [0.2, 0.25) is 0 Å². The van der Waals surface area contributed by atoms with Gasteiger partial charge in [0.15, 0.2) is 11.7 Å². The molecule has 4 unspecified atom stereocenters. The van der Waals surface area contributed by atoms with Crippen LogP contribution in [0.1, 0.15) is 11.8 Å². The van der Waals surface area contributed by atoms with Gasteiger partial charge >= 0.3 is 18.3 Å². The molecule has 4 atom stereocenters. The molecule has 1 aromatic carbocycles. The molecule has 0 saturated carbocycles. The molecule has 32 heavy (non-hydrogen) atoms. The molecule has 0 spiro atoms. The van der Waals surface area contributed by atoms with Gasteiger partial charge in [0.2, 0.25) is 6.23 Å². The van der Waals surface area contributed by atoms with Gasteiger partial charge in [-0.3, -0.25) is 23.4 Å². The van der Waals surface area contributed by atoms with Crippen molar-refractivity contribution in [1.29, 1.82) is 0 Å². The highest BCUT2D eigenvalue weighted by Crippen LogP contribution is 2.57. The fourth-order valence-corrected chi connectivity index (χ4v) is 5.08. The number of nitrogens with one attached hydrogen (secondary N) is 1. The summed E-state index contributed by atoms with van der Waals surface area (Å²) in [6.07, 6.45) is -8.81. The van der Waals surface area contributed by atoms with Gasteiger partial charge in [0, 0.05) is 29.6 Å². The van der Waals surface area contributed by atoms with Gasteiger partial charge in [-0.15, -0.1) is 0 Å². The summed E-state index contributed by atoms with van der Waals surface area (Å²) in [6.45, 7) is -5.10. The molecule has 174 valence electrons. The van der Waals surface area contributed by atoms with Crippen molar-refractivity contribution in [2.45, 2.75) is 36.9 Å². The van der Waals surface area contributed by atoms with Gasteiger partial charge in [-0.2, -0.15) is 8.78 Å². The van der Waals surface area contributed by atoms with Crippen LogP contribution in [-0.4, -0.2) is 45.3 Å². The molecule has 3 heterocycles. The number of aliphatic hydroxyl groups is 1. The van der Waals surface area contributed by atoms with Gasteiger partial charge in [0.1, 0.15) is 5.75 Å². The number of halogens is 4. The number of aromatic amines is 1. The van der Waals surface area contributed by atoms with E-state index in [4.69, 9.17) is 30.1 Å². The molecule has 2 aliphatic rings. The van der Waals surface area contributed by atoms with Crippen LogP contribution in [0.3, 0.4) is 0 Å². The molecule has 9 nitrogen and oxygen atoms in total. The van der Waals surface area contributed by atoms with E-state index < -0.39 is 54.9 Å². The number of alkyl halides is 4. The van der Waals surface area contributed by atoms with Crippen LogP contribution in [-0.2, 0) is 32.2 Å². The fourth-order valence-electron chi connectivity index (χ4n) is 3.26. The van der Waals surface area contributed by atoms with Gasteiger partial charge in [-0.05, 0) is 6.07 Å². The Labute approximate surface area is 181 Å². The molecule has 2 aliphatic heterocycles. The van der Waals surface area contributed by atoms with Crippen LogP contribution in [0.25, 0.3) is 0 Å². The minimum atomic E-state index is -4.37. The molecule has 1 fully saturated rings. The molecular weight excluding hydrogens is 483 g/mol. The predicted molar refractivity (Wildman–Crippen MR) is 103 cm³/mol. The first-order valence-electron chi connectivity index (χ1n) is 8.98. The first-order chi connectivity index (χ1) is 15.0. The van der Waals surface area contributed by atoms with Gasteiger partial charge in [0.25, 0.3) is 12.0 Å². The SMILES string of the molecule is O=c1ccn(C2OC(COP3(=S)OCc4ccccc4O3)(C(F)F)C(O)C2(F)F)c(=O)[nH]1. The van der Waals surface area contributed by atoms with Gasteiger partial charge in [-0.25, -0.2) is 13.6 Å². The van der Waals surface area contributed by atoms with E-state index in [0.29, 0.717) is 11.8 Å². The number of H-pyrrole nitrogens is 1. The maximum atomic E-state index is 14.8. The Hall–Kier alpha value is -2.09. The monoisotopic (exact) mass is 498 g/mol. The van der Waals surface area contributed by atoms with Crippen molar-refractivity contribution < 1.29 is 41.0 Å². The van der Waals surface area contributed by atoms with E-state index in [0.717, 1.165) is 6.07 Å². The molecule has 15 heteroatoms. The van der Waals surface area contributed by atoms with E-state index in [9.17, 15) is 32.3 Å². The molecule has 2 N–H and O–H groups in total. The van der Waals surface area contributed by atoms with Crippen molar-refractivity contribution in [3.05, 3.63) is 62.9 Å². The summed E-state index contributed by atoms with van der Waals surface area (Å²) in [5, 5.41) is 10.2. The number of hydrogen-bond donors (Lipinski definition) is 2. The summed E-state index contributed by atoms with van der Waals surface area (Å²) in [5.74, 6) is -4.08. The average molecular weight is 498 g/mol. The lowest BCUT2D eigenvalue weighted by Crippen LogP contribution is -2.54. The Morgan fingerprint density at radius 1 is 1.31 bits per heavy atom. The minimum Gasteiger partial charge on any atom is -0.424 e. The van der Waals surface area contributed by atoms with Crippen molar-refractivity contribution in [2.24, 2.45) is 0 Å². The van der Waals surface area contributed by atoms with E-state index in [1.54, 1.807) is 29.2 Å². The molecule has 2 aromatic rings. The number of hydrogen-bond acceptors (Lipinski definition) is 8. The lowest BCUT2D eigenvalue weighted by Gasteiger charge is -2.34. The van der Waals surface area contributed by atoms with E-state index in [-0.39, 0.29) is 16.9 Å². The smallest absolute Gasteiger partial charge is 0.381 e. The number of ether oxygens (including phenoxy) is 1.